The Balaban J connectivity index is 3.78. The van der Waals surface area contributed by atoms with Gasteiger partial charge >= 0.3 is 0 Å². The summed E-state index contributed by atoms with van der Waals surface area (Å²) in [4.78, 5) is 11.4. The van der Waals surface area contributed by atoms with E-state index in [-0.39, 0.29) is 11.7 Å². The molecule has 0 aromatic carbocycles. The van der Waals surface area contributed by atoms with Crippen LogP contribution in [0, 0.1) is 5.41 Å². The molecule has 0 saturated heterocycles. The van der Waals surface area contributed by atoms with Gasteiger partial charge in [0.25, 0.3) is 0 Å². The molecule has 0 atom stereocenters. The Hall–Kier alpha value is -0.620. The highest BCUT2D eigenvalue weighted by Gasteiger charge is 2.25. The van der Waals surface area contributed by atoms with Crippen LogP contribution in [0.5, 0.6) is 0 Å². The van der Waals surface area contributed by atoms with Crippen LogP contribution in [0.3, 0.4) is 0 Å². The summed E-state index contributed by atoms with van der Waals surface area (Å²) in [6.07, 6.45) is 1.80. The summed E-state index contributed by atoms with van der Waals surface area (Å²) in [5.74, 6) is 0.156. The van der Waals surface area contributed by atoms with E-state index in [4.69, 9.17) is 0 Å². The maximum Gasteiger partial charge on any atom is 0.226 e. The van der Waals surface area contributed by atoms with Gasteiger partial charge < -0.3 is 10.6 Å². The number of amides is 1. The van der Waals surface area contributed by atoms with Crippen LogP contribution >= 0.6 is 0 Å². The third-order valence-corrected chi connectivity index (χ3v) is 3.31. The average Bonchev–Trinajstić information content (AvgIpc) is 2.14. The molecule has 0 radical (unpaired) electrons. The number of nitrogens with one attached hydrogen (secondary N) is 2. The van der Waals surface area contributed by atoms with Crippen LogP contribution in [0.1, 0.15) is 20.3 Å². The van der Waals surface area contributed by atoms with Crippen LogP contribution < -0.4 is 10.6 Å². The molecular weight excluding hydrogens is 228 g/mol. The van der Waals surface area contributed by atoms with Crippen molar-refractivity contribution in [3.05, 3.63) is 0 Å². The lowest BCUT2D eigenvalue weighted by molar-refractivity contribution is -0.128. The number of hydrogen-bond acceptors (Lipinski definition) is 4. The van der Waals surface area contributed by atoms with Crippen molar-refractivity contribution in [3.63, 3.8) is 0 Å². The van der Waals surface area contributed by atoms with E-state index in [1.54, 1.807) is 7.05 Å². The molecule has 5 nitrogen and oxygen atoms in total. The zero-order valence-electron chi connectivity index (χ0n) is 10.5. The van der Waals surface area contributed by atoms with E-state index < -0.39 is 15.3 Å². The van der Waals surface area contributed by atoms with Gasteiger partial charge in [-0.1, -0.05) is 0 Å². The standard InChI is InChI=1S/C10H22N2O3S/c1-10(2,9(13)11-3)8-12-6-5-7-16(4,14)15/h12H,5-8H2,1-4H3,(H,11,13). The molecule has 0 heterocycles. The molecule has 0 aromatic heterocycles. The zero-order chi connectivity index (χ0) is 12.8. The van der Waals surface area contributed by atoms with Gasteiger partial charge in [0, 0.05) is 19.8 Å². The minimum absolute atomic E-state index is 0.0249. The summed E-state index contributed by atoms with van der Waals surface area (Å²) in [6.45, 7) is 4.83. The molecule has 0 unspecified atom stereocenters. The van der Waals surface area contributed by atoms with Crippen molar-refractivity contribution in [2.75, 3.05) is 32.1 Å². The Bertz CT molecular complexity index is 323. The van der Waals surface area contributed by atoms with Crippen LogP contribution in [-0.4, -0.2) is 46.5 Å². The Morgan fingerprint density at radius 3 is 2.31 bits per heavy atom. The van der Waals surface area contributed by atoms with Crippen LogP contribution in [0.25, 0.3) is 0 Å². The van der Waals surface area contributed by atoms with E-state index in [0.717, 1.165) is 0 Å². The molecule has 1 amide bonds. The minimum atomic E-state index is -2.88. The van der Waals surface area contributed by atoms with Gasteiger partial charge in [0.05, 0.1) is 11.2 Å². The first kappa shape index (κ1) is 15.4. The normalized spacial score (nSPS) is 12.5. The molecule has 0 aliphatic heterocycles. The molecule has 2 N–H and O–H groups in total. The number of sulfone groups is 1. The lowest BCUT2D eigenvalue weighted by atomic mass is 9.92. The first-order valence-electron chi connectivity index (χ1n) is 5.30. The van der Waals surface area contributed by atoms with Gasteiger partial charge in [-0.3, -0.25) is 4.79 Å². The molecule has 0 aromatic rings. The van der Waals surface area contributed by atoms with Gasteiger partial charge in [0.15, 0.2) is 0 Å². The van der Waals surface area contributed by atoms with E-state index in [0.29, 0.717) is 19.5 Å². The molecule has 0 spiro atoms. The second-order valence-electron chi connectivity index (χ2n) is 4.62. The van der Waals surface area contributed by atoms with Crippen molar-refractivity contribution in [2.24, 2.45) is 5.41 Å². The van der Waals surface area contributed by atoms with Crippen LogP contribution in [0.2, 0.25) is 0 Å². The van der Waals surface area contributed by atoms with Gasteiger partial charge in [-0.25, -0.2) is 8.42 Å². The van der Waals surface area contributed by atoms with Gasteiger partial charge in [-0.2, -0.15) is 0 Å². The third-order valence-electron chi connectivity index (χ3n) is 2.28. The van der Waals surface area contributed by atoms with E-state index in [2.05, 4.69) is 10.6 Å². The first-order valence-corrected chi connectivity index (χ1v) is 7.36. The molecule has 0 bridgehead atoms. The molecule has 0 aliphatic rings. The molecule has 0 fully saturated rings. The Kier molecular flexibility index (Phi) is 5.96. The van der Waals surface area contributed by atoms with Crippen molar-refractivity contribution in [2.45, 2.75) is 20.3 Å². The van der Waals surface area contributed by atoms with E-state index in [9.17, 15) is 13.2 Å². The lowest BCUT2D eigenvalue weighted by Crippen LogP contribution is -2.42. The summed E-state index contributed by atoms with van der Waals surface area (Å²) in [7, 11) is -1.28. The molecular formula is C10H22N2O3S. The fraction of sp³-hybridized carbons (Fsp3) is 0.900. The number of carbonyl (C=O) groups is 1. The summed E-state index contributed by atoms with van der Waals surface area (Å²) in [5, 5.41) is 5.68. The van der Waals surface area contributed by atoms with E-state index >= 15 is 0 Å². The molecule has 0 rings (SSSR count). The Labute approximate surface area is 97.9 Å². The Morgan fingerprint density at radius 2 is 1.88 bits per heavy atom. The van der Waals surface area contributed by atoms with Crippen LogP contribution in [0.15, 0.2) is 0 Å². The first-order chi connectivity index (χ1) is 7.19. The number of rotatable bonds is 7. The quantitative estimate of drug-likeness (QED) is 0.613. The predicted molar refractivity (Wildman–Crippen MR) is 65.0 cm³/mol. The maximum atomic E-state index is 11.4. The second-order valence-corrected chi connectivity index (χ2v) is 6.88. The largest absolute Gasteiger partial charge is 0.359 e. The van der Waals surface area contributed by atoms with Gasteiger partial charge in [-0.05, 0) is 26.8 Å². The molecule has 6 heteroatoms. The van der Waals surface area contributed by atoms with E-state index in [1.165, 1.54) is 6.26 Å². The van der Waals surface area contributed by atoms with Crippen molar-refractivity contribution in [3.8, 4) is 0 Å². The van der Waals surface area contributed by atoms with Gasteiger partial charge in [-0.15, -0.1) is 0 Å². The van der Waals surface area contributed by atoms with Gasteiger partial charge in [0.1, 0.15) is 9.84 Å². The van der Waals surface area contributed by atoms with Crippen molar-refractivity contribution >= 4 is 15.7 Å². The zero-order valence-corrected chi connectivity index (χ0v) is 11.3. The van der Waals surface area contributed by atoms with Crippen molar-refractivity contribution < 1.29 is 13.2 Å². The second kappa shape index (κ2) is 6.20. The smallest absolute Gasteiger partial charge is 0.226 e. The van der Waals surface area contributed by atoms with Crippen molar-refractivity contribution in [1.29, 1.82) is 0 Å². The lowest BCUT2D eigenvalue weighted by Gasteiger charge is -2.22. The predicted octanol–water partition coefficient (Wildman–Crippen LogP) is -0.217. The third kappa shape index (κ3) is 6.79. The molecule has 0 saturated carbocycles. The SMILES string of the molecule is CNC(=O)C(C)(C)CNCCCS(C)(=O)=O. The van der Waals surface area contributed by atoms with Gasteiger partial charge in [0.2, 0.25) is 5.91 Å². The summed E-state index contributed by atoms with van der Waals surface area (Å²) >= 11 is 0. The monoisotopic (exact) mass is 250 g/mol. The average molecular weight is 250 g/mol. The van der Waals surface area contributed by atoms with E-state index in [1.807, 2.05) is 13.8 Å². The maximum absolute atomic E-state index is 11.4. The summed E-state index contributed by atoms with van der Waals surface area (Å²) in [5.41, 5.74) is -0.472. The highest BCUT2D eigenvalue weighted by atomic mass is 32.2. The molecule has 96 valence electrons. The highest BCUT2D eigenvalue weighted by Crippen LogP contribution is 2.12. The summed E-state index contributed by atoms with van der Waals surface area (Å²) < 4.78 is 21.7. The van der Waals surface area contributed by atoms with Crippen LogP contribution in [-0.2, 0) is 14.6 Å². The number of hydrogen-bond donors (Lipinski definition) is 2. The fourth-order valence-corrected chi connectivity index (χ4v) is 1.95. The molecule has 0 aliphatic carbocycles. The molecule has 16 heavy (non-hydrogen) atoms. The fourth-order valence-electron chi connectivity index (χ4n) is 1.28. The Morgan fingerprint density at radius 1 is 1.31 bits per heavy atom. The topological polar surface area (TPSA) is 75.3 Å². The number of carbonyl (C=O) groups excluding carboxylic acids is 1. The van der Waals surface area contributed by atoms with Crippen molar-refractivity contribution in [1.82, 2.24) is 10.6 Å². The minimum Gasteiger partial charge on any atom is -0.359 e. The summed E-state index contributed by atoms with van der Waals surface area (Å²) in [6, 6.07) is 0. The van der Waals surface area contributed by atoms with Crippen LogP contribution in [0.4, 0.5) is 0 Å². The highest BCUT2D eigenvalue weighted by molar-refractivity contribution is 7.90.